The van der Waals surface area contributed by atoms with Crippen molar-refractivity contribution < 1.29 is 18.3 Å². The summed E-state index contributed by atoms with van der Waals surface area (Å²) in [5.41, 5.74) is 1.55. The first-order valence-corrected chi connectivity index (χ1v) is 8.08. The summed E-state index contributed by atoms with van der Waals surface area (Å²) in [5, 5.41) is 1.10. The molecule has 0 aliphatic heterocycles. The molecule has 2 aromatic carbocycles. The Morgan fingerprint density at radius 2 is 1.96 bits per heavy atom. The highest BCUT2D eigenvalue weighted by molar-refractivity contribution is 6.31. The number of furan rings is 1. The van der Waals surface area contributed by atoms with Crippen molar-refractivity contribution in [1.82, 2.24) is 4.90 Å². The van der Waals surface area contributed by atoms with Gasteiger partial charge in [-0.25, -0.2) is 4.39 Å². The van der Waals surface area contributed by atoms with Gasteiger partial charge >= 0.3 is 0 Å². The summed E-state index contributed by atoms with van der Waals surface area (Å²) in [6.45, 7) is 0.278. The first-order valence-electron chi connectivity index (χ1n) is 7.70. The van der Waals surface area contributed by atoms with E-state index >= 15 is 0 Å². The third-order valence-electron chi connectivity index (χ3n) is 3.98. The van der Waals surface area contributed by atoms with Gasteiger partial charge in [-0.05, 0) is 18.2 Å². The number of halogens is 2. The van der Waals surface area contributed by atoms with Crippen molar-refractivity contribution >= 4 is 28.5 Å². The zero-order valence-corrected chi connectivity index (χ0v) is 14.6. The fraction of sp³-hybridized carbons (Fsp3) is 0.211. The number of carbonyl (C=O) groups is 1. The van der Waals surface area contributed by atoms with Gasteiger partial charge in [-0.3, -0.25) is 4.79 Å². The summed E-state index contributed by atoms with van der Waals surface area (Å²) in [7, 11) is 3.13. The molecule has 0 saturated heterocycles. The first-order chi connectivity index (χ1) is 12.0. The highest BCUT2D eigenvalue weighted by Crippen LogP contribution is 2.28. The Morgan fingerprint density at radius 1 is 1.20 bits per heavy atom. The highest BCUT2D eigenvalue weighted by atomic mass is 35.5. The maximum Gasteiger partial charge on any atom is 0.290 e. The molecule has 0 bridgehead atoms. The number of methoxy groups -OCH3 is 1. The molecule has 0 spiro atoms. The average Bonchev–Trinajstić information content (AvgIpc) is 2.96. The number of amides is 1. The van der Waals surface area contributed by atoms with E-state index in [0.29, 0.717) is 11.1 Å². The Bertz CT molecular complexity index is 902. The number of fused-ring (bicyclic) bond motifs is 1. The van der Waals surface area contributed by atoms with Crippen LogP contribution >= 0.6 is 11.6 Å². The molecule has 4 nitrogen and oxygen atoms in total. The largest absolute Gasteiger partial charge is 0.451 e. The zero-order valence-electron chi connectivity index (χ0n) is 13.9. The summed E-state index contributed by atoms with van der Waals surface area (Å²) < 4.78 is 24.9. The lowest BCUT2D eigenvalue weighted by atomic mass is 10.1. The number of ether oxygens (including phenoxy) is 1. The van der Waals surface area contributed by atoms with Crippen molar-refractivity contribution in [2.45, 2.75) is 13.2 Å². The summed E-state index contributed by atoms with van der Waals surface area (Å²) in [6, 6.07) is 11.8. The molecule has 0 unspecified atom stereocenters. The van der Waals surface area contributed by atoms with Gasteiger partial charge in [0.15, 0.2) is 5.76 Å². The van der Waals surface area contributed by atoms with Crippen molar-refractivity contribution in [3.63, 3.8) is 0 Å². The zero-order chi connectivity index (χ0) is 18.0. The molecule has 1 aromatic heterocycles. The molecule has 0 radical (unpaired) electrons. The van der Waals surface area contributed by atoms with E-state index in [-0.39, 0.29) is 35.4 Å². The summed E-state index contributed by atoms with van der Waals surface area (Å²) in [6.07, 6.45) is 0. The smallest absolute Gasteiger partial charge is 0.290 e. The van der Waals surface area contributed by atoms with Crippen LogP contribution in [0.25, 0.3) is 11.0 Å². The van der Waals surface area contributed by atoms with Gasteiger partial charge in [0.05, 0.1) is 13.2 Å². The van der Waals surface area contributed by atoms with Gasteiger partial charge in [-0.2, -0.15) is 0 Å². The highest BCUT2D eigenvalue weighted by Gasteiger charge is 2.24. The number of carbonyl (C=O) groups excluding carboxylic acids is 1. The van der Waals surface area contributed by atoms with Gasteiger partial charge in [0, 0.05) is 35.7 Å². The third kappa shape index (κ3) is 3.38. The van der Waals surface area contributed by atoms with Gasteiger partial charge in [0.25, 0.3) is 5.91 Å². The lowest BCUT2D eigenvalue weighted by Gasteiger charge is -2.18. The quantitative estimate of drug-likeness (QED) is 0.664. The van der Waals surface area contributed by atoms with Crippen LogP contribution in [0.1, 0.15) is 21.7 Å². The molecule has 0 saturated carbocycles. The third-order valence-corrected chi connectivity index (χ3v) is 4.34. The van der Waals surface area contributed by atoms with E-state index in [9.17, 15) is 9.18 Å². The van der Waals surface area contributed by atoms with Crippen LogP contribution in [0, 0.1) is 5.82 Å². The van der Waals surface area contributed by atoms with Gasteiger partial charge in [-0.15, -0.1) is 0 Å². The molecule has 0 aliphatic rings. The predicted octanol–water partition coefficient (Wildman–Crippen LogP) is 4.64. The molecule has 0 N–H and O–H groups in total. The van der Waals surface area contributed by atoms with Gasteiger partial charge in [0.1, 0.15) is 11.4 Å². The molecule has 6 heteroatoms. The molecule has 3 aromatic rings. The van der Waals surface area contributed by atoms with Crippen molar-refractivity contribution in [2.24, 2.45) is 0 Å². The molecule has 1 amide bonds. The van der Waals surface area contributed by atoms with Gasteiger partial charge < -0.3 is 14.1 Å². The van der Waals surface area contributed by atoms with Crippen LogP contribution in [0.3, 0.4) is 0 Å². The summed E-state index contributed by atoms with van der Waals surface area (Å²) in [4.78, 5) is 14.2. The SMILES string of the molecule is COCc1c(C(=O)N(C)Cc2c(F)cccc2Cl)oc2ccccc12. The van der Waals surface area contributed by atoms with Crippen molar-refractivity contribution in [3.05, 3.63) is 70.2 Å². The minimum absolute atomic E-state index is 0.0355. The van der Waals surface area contributed by atoms with E-state index < -0.39 is 5.82 Å². The minimum Gasteiger partial charge on any atom is -0.451 e. The van der Waals surface area contributed by atoms with Gasteiger partial charge in [-0.1, -0.05) is 35.9 Å². The average molecular weight is 362 g/mol. The van der Waals surface area contributed by atoms with E-state index in [2.05, 4.69) is 0 Å². The summed E-state index contributed by atoms with van der Waals surface area (Å²) >= 11 is 6.05. The van der Waals surface area contributed by atoms with Crippen LogP contribution < -0.4 is 0 Å². The van der Waals surface area contributed by atoms with Crippen LogP contribution in [0.15, 0.2) is 46.9 Å². The predicted molar refractivity (Wildman–Crippen MR) is 94.1 cm³/mol. The lowest BCUT2D eigenvalue weighted by Crippen LogP contribution is -2.27. The number of hydrogen-bond acceptors (Lipinski definition) is 3. The first kappa shape index (κ1) is 17.5. The molecule has 130 valence electrons. The van der Waals surface area contributed by atoms with E-state index in [0.717, 1.165) is 5.39 Å². The lowest BCUT2D eigenvalue weighted by molar-refractivity contribution is 0.0748. The fourth-order valence-corrected chi connectivity index (χ4v) is 2.95. The van der Waals surface area contributed by atoms with E-state index in [4.69, 9.17) is 20.8 Å². The van der Waals surface area contributed by atoms with Crippen molar-refractivity contribution in [2.75, 3.05) is 14.2 Å². The summed E-state index contributed by atoms with van der Waals surface area (Å²) in [5.74, 6) is -0.616. The maximum absolute atomic E-state index is 14.0. The van der Waals surface area contributed by atoms with Crippen molar-refractivity contribution in [3.8, 4) is 0 Å². The van der Waals surface area contributed by atoms with Crippen LogP contribution in [-0.4, -0.2) is 25.0 Å². The molecular formula is C19H17ClFNO3. The molecule has 0 fully saturated rings. The number of rotatable bonds is 5. The van der Waals surface area contributed by atoms with Crippen LogP contribution in [0.5, 0.6) is 0 Å². The van der Waals surface area contributed by atoms with E-state index in [1.54, 1.807) is 26.3 Å². The Labute approximate surface area is 149 Å². The maximum atomic E-state index is 14.0. The molecule has 0 aliphatic carbocycles. The number of para-hydroxylation sites is 1. The Balaban J connectivity index is 1.95. The Morgan fingerprint density at radius 3 is 2.68 bits per heavy atom. The molecule has 3 rings (SSSR count). The van der Waals surface area contributed by atoms with Crippen LogP contribution in [0.2, 0.25) is 5.02 Å². The minimum atomic E-state index is -0.450. The molecular weight excluding hydrogens is 345 g/mol. The monoisotopic (exact) mass is 361 g/mol. The number of benzene rings is 2. The molecule has 0 atom stereocenters. The molecule has 1 heterocycles. The second kappa shape index (κ2) is 7.25. The topological polar surface area (TPSA) is 42.7 Å². The number of hydrogen-bond donors (Lipinski definition) is 0. The normalized spacial score (nSPS) is 11.0. The van der Waals surface area contributed by atoms with Crippen LogP contribution in [-0.2, 0) is 17.9 Å². The Kier molecular flexibility index (Phi) is 5.06. The van der Waals surface area contributed by atoms with Crippen LogP contribution in [0.4, 0.5) is 4.39 Å². The van der Waals surface area contributed by atoms with E-state index in [1.807, 2.05) is 18.2 Å². The van der Waals surface area contributed by atoms with E-state index in [1.165, 1.54) is 17.0 Å². The number of nitrogens with zero attached hydrogens (tertiary/aromatic N) is 1. The Hall–Kier alpha value is -2.37. The second-order valence-electron chi connectivity index (χ2n) is 5.70. The van der Waals surface area contributed by atoms with Gasteiger partial charge in [0.2, 0.25) is 0 Å². The standard InChI is InChI=1S/C19H17ClFNO3/c1-22(10-13-15(20)7-5-8-16(13)21)19(23)18-14(11-24-2)12-6-3-4-9-17(12)25-18/h3-9H,10-11H2,1-2H3. The fourth-order valence-electron chi connectivity index (χ4n) is 2.72. The second-order valence-corrected chi connectivity index (χ2v) is 6.11. The van der Waals surface area contributed by atoms with Crippen molar-refractivity contribution in [1.29, 1.82) is 0 Å². The molecule has 25 heavy (non-hydrogen) atoms.